The van der Waals surface area contributed by atoms with Crippen molar-refractivity contribution in [2.45, 2.75) is 31.7 Å². The lowest BCUT2D eigenvalue weighted by Crippen LogP contribution is -2.50. The number of amides is 5. The highest BCUT2D eigenvalue weighted by Gasteiger charge is 2.42. The fourth-order valence-electron chi connectivity index (χ4n) is 4.98. The van der Waals surface area contributed by atoms with Gasteiger partial charge in [-0.05, 0) is 43.0 Å². The molecule has 3 fully saturated rings. The minimum Gasteiger partial charge on any atom is -0.368 e. The number of hydroxylamine groups is 2. The lowest BCUT2D eigenvalue weighted by Gasteiger charge is -2.35. The molecule has 10 heteroatoms. The minimum atomic E-state index is -0.778. The average Bonchev–Trinajstić information content (AvgIpc) is 3.21. The molecule has 0 bridgehead atoms. The SMILES string of the molecule is O=C(ON1C(=O)N[C@@H](Cc2ccccc2)C1=O)N1CCN(c2cccc(C(=O)N3CCCCC3)c2)CC1. The van der Waals surface area contributed by atoms with Gasteiger partial charge in [0.15, 0.2) is 0 Å². The van der Waals surface area contributed by atoms with E-state index in [1.807, 2.05) is 59.5 Å². The molecule has 194 valence electrons. The van der Waals surface area contributed by atoms with Crippen LogP contribution in [0.25, 0.3) is 0 Å². The second-order valence-electron chi connectivity index (χ2n) is 9.56. The van der Waals surface area contributed by atoms with Gasteiger partial charge in [-0.3, -0.25) is 9.59 Å². The summed E-state index contributed by atoms with van der Waals surface area (Å²) in [7, 11) is 0. The molecule has 5 amide bonds. The molecule has 2 aromatic rings. The van der Waals surface area contributed by atoms with Crippen LogP contribution in [-0.2, 0) is 16.1 Å². The maximum absolute atomic E-state index is 12.9. The monoisotopic (exact) mass is 505 g/mol. The number of benzene rings is 2. The predicted molar refractivity (Wildman–Crippen MR) is 136 cm³/mol. The third kappa shape index (κ3) is 5.52. The lowest BCUT2D eigenvalue weighted by atomic mass is 10.1. The number of imide groups is 1. The standard InChI is InChI=1S/C27H31N5O5/c33-24(30-12-5-2-6-13-30)21-10-7-11-22(19-21)29-14-16-31(17-15-29)27(36)37-32-25(34)23(28-26(32)35)18-20-8-3-1-4-9-20/h1,3-4,7-11,19,23H,2,5-6,12-18H2,(H,28,35)/t23-/m0/s1. The van der Waals surface area contributed by atoms with Crippen LogP contribution in [0.5, 0.6) is 0 Å². The van der Waals surface area contributed by atoms with E-state index in [0.717, 1.165) is 37.2 Å². The third-order valence-corrected chi connectivity index (χ3v) is 7.07. The highest BCUT2D eigenvalue weighted by molar-refractivity contribution is 6.04. The first-order valence-corrected chi connectivity index (χ1v) is 12.8. The van der Waals surface area contributed by atoms with Crippen LogP contribution in [0.3, 0.4) is 0 Å². The number of hydrogen-bond donors (Lipinski definition) is 1. The van der Waals surface area contributed by atoms with Crippen LogP contribution in [0.4, 0.5) is 15.3 Å². The number of hydrogen-bond acceptors (Lipinski definition) is 6. The first-order valence-electron chi connectivity index (χ1n) is 12.8. The fourth-order valence-corrected chi connectivity index (χ4v) is 4.98. The van der Waals surface area contributed by atoms with Crippen molar-refractivity contribution < 1.29 is 24.0 Å². The van der Waals surface area contributed by atoms with Crippen molar-refractivity contribution in [1.29, 1.82) is 0 Å². The first-order chi connectivity index (χ1) is 18.0. The van der Waals surface area contributed by atoms with Crippen LogP contribution in [-0.4, -0.2) is 84.1 Å². The van der Waals surface area contributed by atoms with Gasteiger partial charge in [-0.25, -0.2) is 9.59 Å². The van der Waals surface area contributed by atoms with Crippen LogP contribution in [0, 0.1) is 0 Å². The number of carbonyl (C=O) groups excluding carboxylic acids is 4. The van der Waals surface area contributed by atoms with E-state index in [2.05, 4.69) is 10.2 Å². The summed E-state index contributed by atoms with van der Waals surface area (Å²) < 4.78 is 0. The molecule has 3 heterocycles. The number of nitrogens with zero attached hydrogens (tertiary/aromatic N) is 4. The molecule has 0 radical (unpaired) electrons. The molecule has 10 nitrogen and oxygen atoms in total. The molecule has 3 aliphatic heterocycles. The van der Waals surface area contributed by atoms with Gasteiger partial charge in [0, 0.05) is 56.9 Å². The number of piperidine rings is 1. The third-order valence-electron chi connectivity index (χ3n) is 7.07. The van der Waals surface area contributed by atoms with E-state index in [-0.39, 0.29) is 5.91 Å². The number of anilines is 1. The molecule has 0 aliphatic carbocycles. The molecular formula is C27H31N5O5. The van der Waals surface area contributed by atoms with Gasteiger partial charge in [-0.15, -0.1) is 0 Å². The minimum absolute atomic E-state index is 0.0582. The normalized spacial score (nSPS) is 20.2. The highest BCUT2D eigenvalue weighted by Crippen LogP contribution is 2.21. The number of carbonyl (C=O) groups is 4. The summed E-state index contributed by atoms with van der Waals surface area (Å²) in [5.41, 5.74) is 2.49. The first kappa shape index (κ1) is 24.6. The van der Waals surface area contributed by atoms with E-state index in [1.54, 1.807) is 0 Å². The van der Waals surface area contributed by atoms with Crippen molar-refractivity contribution in [3.63, 3.8) is 0 Å². The average molecular weight is 506 g/mol. The maximum Gasteiger partial charge on any atom is 0.434 e. The summed E-state index contributed by atoms with van der Waals surface area (Å²) in [5.74, 6) is -0.529. The van der Waals surface area contributed by atoms with Gasteiger partial charge in [0.2, 0.25) is 0 Å². The van der Waals surface area contributed by atoms with Gasteiger partial charge in [0.25, 0.3) is 11.8 Å². The molecule has 0 aromatic heterocycles. The number of rotatable bonds is 5. The van der Waals surface area contributed by atoms with Crippen LogP contribution in [0.1, 0.15) is 35.2 Å². The van der Waals surface area contributed by atoms with Crippen LogP contribution in [0.15, 0.2) is 54.6 Å². The summed E-state index contributed by atoms with van der Waals surface area (Å²) >= 11 is 0. The van der Waals surface area contributed by atoms with Crippen molar-refractivity contribution in [1.82, 2.24) is 20.2 Å². The molecule has 0 spiro atoms. The van der Waals surface area contributed by atoms with Crippen LogP contribution in [0.2, 0.25) is 0 Å². The van der Waals surface area contributed by atoms with E-state index in [9.17, 15) is 19.2 Å². The summed E-state index contributed by atoms with van der Waals surface area (Å²) in [6.07, 6.45) is 2.83. The van der Waals surface area contributed by atoms with E-state index >= 15 is 0 Å². The van der Waals surface area contributed by atoms with Crippen molar-refractivity contribution in [3.8, 4) is 0 Å². The molecule has 0 unspecified atom stereocenters. The summed E-state index contributed by atoms with van der Waals surface area (Å²) in [6, 6.07) is 15.4. The Morgan fingerprint density at radius 1 is 0.838 bits per heavy atom. The Kier molecular flexibility index (Phi) is 7.25. The zero-order valence-corrected chi connectivity index (χ0v) is 20.7. The van der Waals surface area contributed by atoms with E-state index < -0.39 is 24.1 Å². The number of piperazine rings is 1. The van der Waals surface area contributed by atoms with Crippen LogP contribution < -0.4 is 10.2 Å². The van der Waals surface area contributed by atoms with E-state index in [0.29, 0.717) is 43.2 Å². The summed E-state index contributed by atoms with van der Waals surface area (Å²) in [6.45, 7) is 3.39. The van der Waals surface area contributed by atoms with E-state index in [1.165, 1.54) is 11.3 Å². The number of urea groups is 1. The predicted octanol–water partition coefficient (Wildman–Crippen LogP) is 2.65. The summed E-state index contributed by atoms with van der Waals surface area (Å²) in [5, 5.41) is 3.11. The number of likely N-dealkylation sites (tertiary alicyclic amines) is 1. The lowest BCUT2D eigenvalue weighted by molar-refractivity contribution is -0.151. The Hall–Kier alpha value is -4.08. The van der Waals surface area contributed by atoms with Crippen molar-refractivity contribution in [3.05, 3.63) is 65.7 Å². The van der Waals surface area contributed by atoms with Crippen molar-refractivity contribution >= 4 is 29.6 Å². The van der Waals surface area contributed by atoms with Gasteiger partial charge in [-0.2, -0.15) is 0 Å². The topological polar surface area (TPSA) is 102 Å². The molecule has 2 aromatic carbocycles. The number of nitrogens with one attached hydrogen (secondary N) is 1. The fraction of sp³-hybridized carbons (Fsp3) is 0.407. The second kappa shape index (κ2) is 10.9. The van der Waals surface area contributed by atoms with Crippen molar-refractivity contribution in [2.75, 3.05) is 44.2 Å². The Morgan fingerprint density at radius 2 is 1.57 bits per heavy atom. The zero-order valence-electron chi connectivity index (χ0n) is 20.7. The maximum atomic E-state index is 12.9. The molecular weight excluding hydrogens is 474 g/mol. The Bertz CT molecular complexity index is 1160. The Morgan fingerprint density at radius 3 is 2.30 bits per heavy atom. The molecule has 1 N–H and O–H groups in total. The van der Waals surface area contributed by atoms with Gasteiger partial charge in [0.05, 0.1) is 0 Å². The van der Waals surface area contributed by atoms with Gasteiger partial charge < -0.3 is 24.9 Å². The van der Waals surface area contributed by atoms with Gasteiger partial charge in [-0.1, -0.05) is 41.5 Å². The zero-order chi connectivity index (χ0) is 25.8. The molecule has 5 rings (SSSR count). The molecule has 3 aliphatic rings. The Labute approximate surface area is 215 Å². The molecule has 0 saturated carbocycles. The van der Waals surface area contributed by atoms with Crippen LogP contribution >= 0.6 is 0 Å². The second-order valence-corrected chi connectivity index (χ2v) is 9.56. The largest absolute Gasteiger partial charge is 0.434 e. The molecule has 37 heavy (non-hydrogen) atoms. The van der Waals surface area contributed by atoms with E-state index in [4.69, 9.17) is 4.84 Å². The van der Waals surface area contributed by atoms with Crippen molar-refractivity contribution in [2.24, 2.45) is 0 Å². The Balaban J connectivity index is 1.14. The smallest absolute Gasteiger partial charge is 0.368 e. The highest BCUT2D eigenvalue weighted by atomic mass is 16.7. The summed E-state index contributed by atoms with van der Waals surface area (Å²) in [4.78, 5) is 61.3. The quantitative estimate of drug-likeness (QED) is 0.627. The molecule has 1 atom stereocenters. The van der Waals surface area contributed by atoms with Gasteiger partial charge in [0.1, 0.15) is 6.04 Å². The molecule has 3 saturated heterocycles. The van der Waals surface area contributed by atoms with Gasteiger partial charge >= 0.3 is 12.1 Å².